The van der Waals surface area contributed by atoms with Gasteiger partial charge in [-0.3, -0.25) is 4.79 Å². The lowest BCUT2D eigenvalue weighted by atomic mass is 10.0. The molecule has 96 valence electrons. The lowest BCUT2D eigenvalue weighted by Crippen LogP contribution is -2.08. The van der Waals surface area contributed by atoms with E-state index in [9.17, 15) is 4.79 Å². The molecule has 0 amide bonds. The number of aryl methyl sites for hydroxylation is 1. The molecule has 3 rings (SSSR count). The van der Waals surface area contributed by atoms with Crippen LogP contribution in [0.3, 0.4) is 0 Å². The molecule has 1 aromatic carbocycles. The first-order valence-electron chi connectivity index (χ1n) is 5.83. The fourth-order valence-corrected chi connectivity index (χ4v) is 3.63. The molecule has 0 spiro atoms. The summed E-state index contributed by atoms with van der Waals surface area (Å²) < 4.78 is 0. The van der Waals surface area contributed by atoms with Crippen molar-refractivity contribution in [3.63, 3.8) is 0 Å². The van der Waals surface area contributed by atoms with Crippen molar-refractivity contribution < 1.29 is 0 Å². The molecule has 3 aromatic rings. The van der Waals surface area contributed by atoms with E-state index >= 15 is 0 Å². The van der Waals surface area contributed by atoms with Crippen LogP contribution in [0, 0.1) is 6.92 Å². The van der Waals surface area contributed by atoms with E-state index in [2.05, 4.69) is 9.97 Å². The Morgan fingerprint density at radius 3 is 2.68 bits per heavy atom. The van der Waals surface area contributed by atoms with Crippen molar-refractivity contribution in [2.75, 3.05) is 6.26 Å². The summed E-state index contributed by atoms with van der Waals surface area (Å²) in [4.78, 5) is 21.5. The van der Waals surface area contributed by atoms with Crippen molar-refractivity contribution in [1.29, 1.82) is 0 Å². The average molecular weight is 288 g/mol. The second-order valence-corrected chi connectivity index (χ2v) is 6.15. The zero-order valence-electron chi connectivity index (χ0n) is 10.6. The molecule has 0 saturated carbocycles. The Labute approximate surface area is 118 Å². The highest BCUT2D eigenvalue weighted by Gasteiger charge is 2.15. The maximum absolute atomic E-state index is 12.3. The lowest BCUT2D eigenvalue weighted by molar-refractivity contribution is 0.984. The SMILES string of the molecule is CSc1nc2sc(C)c(-c3ccccc3)c2c(=O)[nH]1. The zero-order chi connectivity index (χ0) is 13.4. The molecule has 1 N–H and O–H groups in total. The van der Waals surface area contributed by atoms with E-state index in [0.717, 1.165) is 20.8 Å². The number of aromatic amines is 1. The summed E-state index contributed by atoms with van der Waals surface area (Å²) >= 11 is 3.02. The second-order valence-electron chi connectivity index (χ2n) is 4.15. The normalized spacial score (nSPS) is 11.1. The van der Waals surface area contributed by atoms with Gasteiger partial charge in [0.2, 0.25) is 0 Å². The molecule has 5 heteroatoms. The minimum atomic E-state index is -0.0578. The molecule has 0 bridgehead atoms. The molecule has 0 atom stereocenters. The predicted molar refractivity (Wildman–Crippen MR) is 82.2 cm³/mol. The third-order valence-electron chi connectivity index (χ3n) is 2.97. The molecule has 2 aromatic heterocycles. The van der Waals surface area contributed by atoms with Crippen LogP contribution in [0.25, 0.3) is 21.3 Å². The molecular weight excluding hydrogens is 276 g/mol. The maximum atomic E-state index is 12.3. The van der Waals surface area contributed by atoms with Gasteiger partial charge in [0, 0.05) is 10.4 Å². The van der Waals surface area contributed by atoms with Crippen LogP contribution in [0.15, 0.2) is 40.3 Å². The number of benzene rings is 1. The van der Waals surface area contributed by atoms with Crippen LogP contribution in [-0.2, 0) is 0 Å². The number of hydrogen-bond acceptors (Lipinski definition) is 4. The topological polar surface area (TPSA) is 45.8 Å². The molecular formula is C14H12N2OS2. The molecule has 3 nitrogen and oxygen atoms in total. The highest BCUT2D eigenvalue weighted by Crippen LogP contribution is 2.35. The fraction of sp³-hybridized carbons (Fsp3) is 0.143. The molecule has 19 heavy (non-hydrogen) atoms. The minimum Gasteiger partial charge on any atom is -0.301 e. The smallest absolute Gasteiger partial charge is 0.260 e. The number of H-pyrrole nitrogens is 1. The van der Waals surface area contributed by atoms with E-state index < -0.39 is 0 Å². The summed E-state index contributed by atoms with van der Waals surface area (Å²) in [6.07, 6.45) is 1.91. The number of nitrogens with one attached hydrogen (secondary N) is 1. The number of thiophene rings is 1. The van der Waals surface area contributed by atoms with Gasteiger partial charge in [-0.05, 0) is 18.7 Å². The quantitative estimate of drug-likeness (QED) is 0.578. The zero-order valence-corrected chi connectivity index (χ0v) is 12.2. The number of nitrogens with zero attached hydrogens (tertiary/aromatic N) is 1. The van der Waals surface area contributed by atoms with Crippen molar-refractivity contribution in [3.8, 4) is 11.1 Å². The number of hydrogen-bond donors (Lipinski definition) is 1. The van der Waals surface area contributed by atoms with Crippen LogP contribution in [0.2, 0.25) is 0 Å². The fourth-order valence-electron chi connectivity index (χ4n) is 2.15. The van der Waals surface area contributed by atoms with Crippen LogP contribution >= 0.6 is 23.1 Å². The molecule has 0 fully saturated rings. The lowest BCUT2D eigenvalue weighted by Gasteiger charge is -2.01. The summed E-state index contributed by atoms with van der Waals surface area (Å²) in [7, 11) is 0. The van der Waals surface area contributed by atoms with Gasteiger partial charge < -0.3 is 4.98 Å². The summed E-state index contributed by atoms with van der Waals surface area (Å²) in [6.45, 7) is 2.03. The van der Waals surface area contributed by atoms with Gasteiger partial charge >= 0.3 is 0 Å². The standard InChI is InChI=1S/C14H12N2OS2/c1-8-10(9-6-4-3-5-7-9)11-12(17)15-14(18-2)16-13(11)19-8/h3-7H,1-2H3,(H,15,16,17). The summed E-state index contributed by atoms with van der Waals surface area (Å²) in [6, 6.07) is 9.99. The van der Waals surface area contributed by atoms with Gasteiger partial charge in [0.15, 0.2) is 5.16 Å². The van der Waals surface area contributed by atoms with E-state index in [4.69, 9.17) is 0 Å². The summed E-state index contributed by atoms with van der Waals surface area (Å²) in [5, 5.41) is 1.37. The predicted octanol–water partition coefficient (Wildman–Crippen LogP) is 3.68. The van der Waals surface area contributed by atoms with Gasteiger partial charge in [-0.25, -0.2) is 4.98 Å². The van der Waals surface area contributed by atoms with Crippen LogP contribution < -0.4 is 5.56 Å². The maximum Gasteiger partial charge on any atom is 0.260 e. The number of rotatable bonds is 2. The average Bonchev–Trinajstić information content (AvgIpc) is 2.76. The van der Waals surface area contributed by atoms with E-state index in [1.165, 1.54) is 11.8 Å². The Bertz CT molecular complexity index is 790. The van der Waals surface area contributed by atoms with Crippen LogP contribution in [0.5, 0.6) is 0 Å². The third kappa shape index (κ3) is 2.09. The Hall–Kier alpha value is -1.59. The van der Waals surface area contributed by atoms with E-state index in [0.29, 0.717) is 10.5 Å². The first-order chi connectivity index (χ1) is 9.20. The Kier molecular flexibility index (Phi) is 3.16. The molecule has 0 aliphatic heterocycles. The van der Waals surface area contributed by atoms with Crippen molar-refractivity contribution in [1.82, 2.24) is 9.97 Å². The van der Waals surface area contributed by atoms with E-state index in [1.807, 2.05) is 43.5 Å². The van der Waals surface area contributed by atoms with Crippen LogP contribution in [-0.4, -0.2) is 16.2 Å². The first-order valence-corrected chi connectivity index (χ1v) is 7.87. The molecule has 0 aliphatic rings. The Morgan fingerprint density at radius 2 is 2.00 bits per heavy atom. The second kappa shape index (κ2) is 4.83. The highest BCUT2D eigenvalue weighted by molar-refractivity contribution is 7.98. The molecule has 2 heterocycles. The van der Waals surface area contributed by atoms with Gasteiger partial charge in [-0.2, -0.15) is 0 Å². The summed E-state index contributed by atoms with van der Waals surface area (Å²) in [5.41, 5.74) is 2.01. The number of aromatic nitrogens is 2. The number of thioether (sulfide) groups is 1. The van der Waals surface area contributed by atoms with Gasteiger partial charge in [0.05, 0.1) is 5.39 Å². The Balaban J connectivity index is 2.38. The largest absolute Gasteiger partial charge is 0.301 e. The number of fused-ring (bicyclic) bond motifs is 1. The minimum absolute atomic E-state index is 0.0578. The summed E-state index contributed by atoms with van der Waals surface area (Å²) in [5.74, 6) is 0. The highest BCUT2D eigenvalue weighted by atomic mass is 32.2. The third-order valence-corrected chi connectivity index (χ3v) is 4.55. The first kappa shape index (κ1) is 12.4. The van der Waals surface area contributed by atoms with Crippen LogP contribution in [0.4, 0.5) is 0 Å². The molecule has 0 unspecified atom stereocenters. The van der Waals surface area contributed by atoms with E-state index in [1.54, 1.807) is 11.3 Å². The van der Waals surface area contributed by atoms with E-state index in [-0.39, 0.29) is 5.56 Å². The molecule has 0 saturated heterocycles. The molecule has 0 aliphatic carbocycles. The van der Waals surface area contributed by atoms with Gasteiger partial charge in [0.1, 0.15) is 4.83 Å². The molecule has 0 radical (unpaired) electrons. The van der Waals surface area contributed by atoms with Gasteiger partial charge in [-0.1, -0.05) is 42.1 Å². The van der Waals surface area contributed by atoms with Crippen molar-refractivity contribution in [3.05, 3.63) is 45.6 Å². The van der Waals surface area contributed by atoms with Crippen molar-refractivity contribution in [2.45, 2.75) is 12.1 Å². The van der Waals surface area contributed by atoms with Crippen LogP contribution in [0.1, 0.15) is 4.88 Å². The monoisotopic (exact) mass is 288 g/mol. The van der Waals surface area contributed by atoms with Gasteiger partial charge in [0.25, 0.3) is 5.56 Å². The van der Waals surface area contributed by atoms with Crippen molar-refractivity contribution >= 4 is 33.3 Å². The Morgan fingerprint density at radius 1 is 1.26 bits per heavy atom. The van der Waals surface area contributed by atoms with Gasteiger partial charge in [-0.15, -0.1) is 11.3 Å². The van der Waals surface area contributed by atoms with Crippen molar-refractivity contribution in [2.24, 2.45) is 0 Å².